The van der Waals surface area contributed by atoms with Crippen LogP contribution in [0, 0.1) is 28.9 Å². The second kappa shape index (κ2) is 11.3. The van der Waals surface area contributed by atoms with E-state index in [1.165, 1.54) is 31.7 Å². The highest BCUT2D eigenvalue weighted by atomic mass is 19.2. The summed E-state index contributed by atoms with van der Waals surface area (Å²) in [5.74, 6) is -1.32. The van der Waals surface area contributed by atoms with Crippen LogP contribution >= 0.6 is 0 Å². The third-order valence-electron chi connectivity index (χ3n) is 5.50. The molecular weight excluding hydrogens is 332 g/mol. The van der Waals surface area contributed by atoms with Gasteiger partial charge in [-0.05, 0) is 62.5 Å². The molecule has 1 aromatic rings. The Kier molecular flexibility index (Phi) is 9.05. The van der Waals surface area contributed by atoms with Gasteiger partial charge in [0.15, 0.2) is 11.6 Å². The first-order valence-corrected chi connectivity index (χ1v) is 10.1. The van der Waals surface area contributed by atoms with Gasteiger partial charge in [-0.25, -0.2) is 8.78 Å². The van der Waals surface area contributed by atoms with E-state index in [0.29, 0.717) is 24.0 Å². The van der Waals surface area contributed by atoms with Crippen LogP contribution in [-0.4, -0.2) is 12.7 Å². The standard InChI is InChI=1S/C22H31F2NO/c1-2-3-4-5-6-15-26-20-13-8-17(9-14-20)7-10-18-11-12-19(16-25)22(24)21(18)23/h11-12,17,20H,2-10,13-15H2,1H3/t17-,20-. The van der Waals surface area contributed by atoms with Gasteiger partial charge in [0, 0.05) is 6.61 Å². The van der Waals surface area contributed by atoms with Crippen LogP contribution in [-0.2, 0) is 11.2 Å². The number of ether oxygens (including phenoxy) is 1. The van der Waals surface area contributed by atoms with Crippen molar-refractivity contribution < 1.29 is 13.5 Å². The molecule has 0 heterocycles. The SMILES string of the molecule is CCCCCCCO[C@H]1CC[C@H](CCc2ccc(C#N)c(F)c2F)CC1. The lowest BCUT2D eigenvalue weighted by atomic mass is 9.83. The van der Waals surface area contributed by atoms with Crippen LogP contribution in [0.15, 0.2) is 12.1 Å². The maximum atomic E-state index is 14.0. The molecule has 0 N–H and O–H groups in total. The third-order valence-corrected chi connectivity index (χ3v) is 5.50. The van der Waals surface area contributed by atoms with Crippen molar-refractivity contribution in [1.29, 1.82) is 5.26 Å². The maximum absolute atomic E-state index is 14.0. The number of hydrogen-bond acceptors (Lipinski definition) is 2. The lowest BCUT2D eigenvalue weighted by Gasteiger charge is -2.28. The molecule has 0 bridgehead atoms. The normalized spacial score (nSPS) is 20.1. The van der Waals surface area contributed by atoms with E-state index in [1.54, 1.807) is 12.1 Å². The molecule has 1 saturated carbocycles. The summed E-state index contributed by atoms with van der Waals surface area (Å²) in [6.45, 7) is 3.09. The first-order valence-electron chi connectivity index (χ1n) is 10.1. The maximum Gasteiger partial charge on any atom is 0.176 e. The van der Waals surface area contributed by atoms with E-state index in [2.05, 4.69) is 6.92 Å². The molecule has 2 rings (SSSR count). The highest BCUT2D eigenvalue weighted by molar-refractivity contribution is 5.34. The van der Waals surface area contributed by atoms with E-state index in [0.717, 1.165) is 45.1 Å². The van der Waals surface area contributed by atoms with Crippen LogP contribution in [0.2, 0.25) is 0 Å². The average molecular weight is 363 g/mol. The summed E-state index contributed by atoms with van der Waals surface area (Å²) in [5, 5.41) is 8.74. The predicted octanol–water partition coefficient (Wildman–Crippen LogP) is 6.31. The monoisotopic (exact) mass is 363 g/mol. The Balaban J connectivity index is 1.65. The lowest BCUT2D eigenvalue weighted by molar-refractivity contribution is 0.0153. The van der Waals surface area contributed by atoms with Gasteiger partial charge >= 0.3 is 0 Å². The van der Waals surface area contributed by atoms with E-state index < -0.39 is 11.6 Å². The molecule has 1 aliphatic rings. The van der Waals surface area contributed by atoms with Crippen molar-refractivity contribution in [1.82, 2.24) is 0 Å². The predicted molar refractivity (Wildman–Crippen MR) is 99.9 cm³/mol. The molecule has 0 radical (unpaired) electrons. The molecule has 2 nitrogen and oxygen atoms in total. The Hall–Kier alpha value is -1.47. The molecule has 0 aromatic heterocycles. The zero-order valence-corrected chi connectivity index (χ0v) is 15.9. The Morgan fingerprint density at radius 3 is 2.46 bits per heavy atom. The highest BCUT2D eigenvalue weighted by Crippen LogP contribution is 2.30. The van der Waals surface area contributed by atoms with E-state index in [-0.39, 0.29) is 5.56 Å². The van der Waals surface area contributed by atoms with Crippen molar-refractivity contribution in [3.63, 3.8) is 0 Å². The topological polar surface area (TPSA) is 33.0 Å². The van der Waals surface area contributed by atoms with Crippen molar-refractivity contribution in [2.24, 2.45) is 5.92 Å². The minimum Gasteiger partial charge on any atom is -0.378 e. The molecule has 0 spiro atoms. The number of rotatable bonds is 10. The summed E-state index contributed by atoms with van der Waals surface area (Å²) in [6, 6.07) is 4.60. The minimum absolute atomic E-state index is 0.224. The van der Waals surface area contributed by atoms with Crippen molar-refractivity contribution in [2.45, 2.75) is 83.7 Å². The first-order chi connectivity index (χ1) is 12.7. The largest absolute Gasteiger partial charge is 0.378 e. The molecule has 26 heavy (non-hydrogen) atoms. The highest BCUT2D eigenvalue weighted by Gasteiger charge is 2.22. The number of unbranched alkanes of at least 4 members (excludes halogenated alkanes) is 4. The van der Waals surface area contributed by atoms with Gasteiger partial charge in [0.1, 0.15) is 6.07 Å². The summed E-state index contributed by atoms with van der Waals surface area (Å²) in [4.78, 5) is 0. The zero-order chi connectivity index (χ0) is 18.8. The quantitative estimate of drug-likeness (QED) is 0.456. The summed E-state index contributed by atoms with van der Waals surface area (Å²) in [5.41, 5.74) is 0.158. The Bertz CT molecular complexity index is 589. The zero-order valence-electron chi connectivity index (χ0n) is 15.9. The molecule has 0 atom stereocenters. The number of nitrogens with zero attached hydrogens (tertiary/aromatic N) is 1. The summed E-state index contributed by atoms with van der Waals surface area (Å²) < 4.78 is 33.6. The fraction of sp³-hybridized carbons (Fsp3) is 0.682. The number of aryl methyl sites for hydroxylation is 1. The van der Waals surface area contributed by atoms with Gasteiger partial charge in [-0.15, -0.1) is 0 Å². The number of hydrogen-bond donors (Lipinski definition) is 0. The van der Waals surface area contributed by atoms with Gasteiger partial charge in [-0.1, -0.05) is 38.7 Å². The van der Waals surface area contributed by atoms with Crippen LogP contribution in [0.4, 0.5) is 8.78 Å². The smallest absolute Gasteiger partial charge is 0.176 e. The van der Waals surface area contributed by atoms with Gasteiger partial charge in [0.05, 0.1) is 11.7 Å². The van der Waals surface area contributed by atoms with E-state index >= 15 is 0 Å². The Labute approximate surface area is 156 Å². The number of halogens is 2. The van der Waals surface area contributed by atoms with E-state index in [4.69, 9.17) is 10.00 Å². The van der Waals surface area contributed by atoms with Gasteiger partial charge in [-0.3, -0.25) is 0 Å². The first kappa shape index (κ1) is 20.8. The Morgan fingerprint density at radius 1 is 1.04 bits per heavy atom. The van der Waals surface area contributed by atoms with Crippen LogP contribution in [0.25, 0.3) is 0 Å². The van der Waals surface area contributed by atoms with Crippen molar-refractivity contribution in [3.05, 3.63) is 34.9 Å². The Morgan fingerprint density at radius 2 is 1.77 bits per heavy atom. The van der Waals surface area contributed by atoms with E-state index in [9.17, 15) is 8.78 Å². The molecule has 1 fully saturated rings. The molecule has 0 amide bonds. The molecule has 1 aromatic carbocycles. The van der Waals surface area contributed by atoms with Crippen LogP contribution < -0.4 is 0 Å². The molecule has 0 saturated heterocycles. The molecule has 144 valence electrons. The summed E-state index contributed by atoms with van der Waals surface area (Å²) in [7, 11) is 0. The minimum atomic E-state index is -1.01. The number of nitriles is 1. The second-order valence-electron chi connectivity index (χ2n) is 7.48. The fourth-order valence-electron chi connectivity index (χ4n) is 3.77. The molecule has 4 heteroatoms. The third kappa shape index (κ3) is 6.36. The molecule has 0 unspecified atom stereocenters. The van der Waals surface area contributed by atoms with Gasteiger partial charge < -0.3 is 4.74 Å². The fourth-order valence-corrected chi connectivity index (χ4v) is 3.77. The van der Waals surface area contributed by atoms with Crippen LogP contribution in [0.5, 0.6) is 0 Å². The molecule has 1 aliphatic carbocycles. The second-order valence-corrected chi connectivity index (χ2v) is 7.48. The van der Waals surface area contributed by atoms with Gasteiger partial charge in [-0.2, -0.15) is 5.26 Å². The molecule has 0 aliphatic heterocycles. The summed E-state index contributed by atoms with van der Waals surface area (Å²) in [6.07, 6.45) is 12.4. The lowest BCUT2D eigenvalue weighted by Crippen LogP contribution is -2.22. The van der Waals surface area contributed by atoms with Gasteiger partial charge in [0.2, 0.25) is 0 Å². The van der Waals surface area contributed by atoms with Gasteiger partial charge in [0.25, 0.3) is 0 Å². The van der Waals surface area contributed by atoms with Crippen molar-refractivity contribution >= 4 is 0 Å². The van der Waals surface area contributed by atoms with E-state index in [1.807, 2.05) is 0 Å². The van der Waals surface area contributed by atoms with Crippen LogP contribution in [0.3, 0.4) is 0 Å². The number of benzene rings is 1. The average Bonchev–Trinajstić information content (AvgIpc) is 2.67. The van der Waals surface area contributed by atoms with Crippen LogP contribution in [0.1, 0.15) is 82.3 Å². The van der Waals surface area contributed by atoms with Crippen molar-refractivity contribution in [2.75, 3.05) is 6.61 Å². The molecular formula is C22H31F2NO. The summed E-state index contributed by atoms with van der Waals surface area (Å²) >= 11 is 0. The van der Waals surface area contributed by atoms with Crippen molar-refractivity contribution in [3.8, 4) is 6.07 Å².